The minimum atomic E-state index is 0. The smallest absolute Gasteiger partial charge is 0.245 e. The minimum absolute atomic E-state index is 0. The fraction of sp³-hybridized carbons (Fsp3) is 0.824. The molecule has 0 aliphatic rings. The van der Waals surface area contributed by atoms with Crippen molar-refractivity contribution in [3.8, 4) is 0 Å². The molecule has 1 unspecified atom stereocenters. The summed E-state index contributed by atoms with van der Waals surface area (Å²) in [4.78, 5) is 27.9. The number of amides is 2. The fourth-order valence-corrected chi connectivity index (χ4v) is 9.17. The number of nitrogens with zero attached hydrogens (tertiary/aromatic N) is 2. The molecule has 0 rings (SSSR count). The van der Waals surface area contributed by atoms with Gasteiger partial charge in [-0.15, -0.1) is 0 Å². The molecule has 0 N–H and O–H groups in total. The average molecular weight is 1010 g/mol. The zero-order valence-electron chi connectivity index (χ0n) is 48.8. The molecule has 0 heterocycles. The third kappa shape index (κ3) is 61.9. The van der Waals surface area contributed by atoms with E-state index in [9.17, 15) is 9.59 Å². The van der Waals surface area contributed by atoms with Crippen LogP contribution in [-0.4, -0.2) is 49.8 Å². The van der Waals surface area contributed by atoms with Crippen LogP contribution in [-0.2, 0) is 9.59 Å². The molecule has 0 fully saturated rings. The number of hydrogen-bond acceptors (Lipinski definition) is 2. The Morgan fingerprint density at radius 2 is 0.625 bits per heavy atom. The summed E-state index contributed by atoms with van der Waals surface area (Å²) < 4.78 is 0. The van der Waals surface area contributed by atoms with E-state index in [0.717, 1.165) is 32.1 Å². The van der Waals surface area contributed by atoms with Gasteiger partial charge in [0.25, 0.3) is 0 Å². The quantitative estimate of drug-likeness (QED) is 0.0346. The maximum atomic E-state index is 12.3. The minimum Gasteiger partial charge on any atom is -0.349 e. The van der Waals surface area contributed by atoms with Crippen molar-refractivity contribution in [2.75, 3.05) is 28.2 Å². The van der Waals surface area contributed by atoms with Crippen LogP contribution in [0.15, 0.2) is 60.3 Å². The lowest BCUT2D eigenvalue weighted by molar-refractivity contribution is -0.129. The van der Waals surface area contributed by atoms with Crippen LogP contribution in [0, 0.1) is 5.92 Å². The Kier molecular flexibility index (Phi) is 68.5. The summed E-state index contributed by atoms with van der Waals surface area (Å²) in [5, 5.41) is 0. The lowest BCUT2D eigenvalue weighted by Crippen LogP contribution is -2.24. The molecule has 0 aliphatic heterocycles. The van der Waals surface area contributed by atoms with Gasteiger partial charge in [0.2, 0.25) is 11.8 Å². The molecule has 0 aromatic heterocycles. The summed E-state index contributed by atoms with van der Waals surface area (Å²) in [6.45, 7) is 9.07. The van der Waals surface area contributed by atoms with Gasteiger partial charge >= 0.3 is 0 Å². The van der Waals surface area contributed by atoms with Crippen LogP contribution in [0.4, 0.5) is 0 Å². The molecule has 0 bridgehead atoms. The highest BCUT2D eigenvalue weighted by Gasteiger charge is 2.15. The molecule has 2 amide bonds. The van der Waals surface area contributed by atoms with Crippen LogP contribution >= 0.6 is 0 Å². The van der Waals surface area contributed by atoms with Gasteiger partial charge in [0.05, 0.1) is 0 Å². The van der Waals surface area contributed by atoms with Gasteiger partial charge < -0.3 is 9.80 Å². The van der Waals surface area contributed by atoms with Crippen LogP contribution in [0.1, 0.15) is 331 Å². The van der Waals surface area contributed by atoms with E-state index in [-0.39, 0.29) is 20.8 Å². The van der Waals surface area contributed by atoms with Crippen molar-refractivity contribution in [1.82, 2.24) is 9.80 Å². The molecular weight excluding hydrogens is 877 g/mol. The molecule has 0 radical (unpaired) electrons. The standard InChI is InChI=1S/C33H63NO.C33H61NO.2CH4/c2*1-5-7-9-11-13-14-15-16-17-18-19-20-21-22-24-26-28-30-32(31-33(35)34(3)4)29-27-25-23-12-10-8-6-2;;/h13-14,16-17,32H,5-12,15,18-31H2,1-4H3;13-14,16-17,31H,5-12,15,18-30H2,1-4H3;2*1H4/b14-13-,17-16-;14-13-,17-16-,32-31+;;. The number of likely N-dealkylation sites (N-methyl/N-ethyl adjacent to an activating group) is 1. The van der Waals surface area contributed by atoms with Gasteiger partial charge in [-0.05, 0) is 109 Å². The molecule has 4 heteroatoms. The van der Waals surface area contributed by atoms with E-state index in [4.69, 9.17) is 0 Å². The van der Waals surface area contributed by atoms with E-state index in [2.05, 4.69) is 76.3 Å². The number of allylic oxidation sites excluding steroid dienone is 9. The topological polar surface area (TPSA) is 40.6 Å². The number of hydrogen-bond donors (Lipinski definition) is 0. The molecule has 1 atom stereocenters. The van der Waals surface area contributed by atoms with Crippen LogP contribution in [0.5, 0.6) is 0 Å². The zero-order valence-corrected chi connectivity index (χ0v) is 48.8. The van der Waals surface area contributed by atoms with Crippen LogP contribution in [0.3, 0.4) is 0 Å². The van der Waals surface area contributed by atoms with E-state index < -0.39 is 0 Å². The highest BCUT2D eigenvalue weighted by molar-refractivity contribution is 5.87. The summed E-state index contributed by atoms with van der Waals surface area (Å²) in [6.07, 6.45) is 78.9. The van der Waals surface area contributed by atoms with Crippen molar-refractivity contribution in [2.24, 2.45) is 5.92 Å². The second kappa shape index (κ2) is 64.8. The van der Waals surface area contributed by atoms with Gasteiger partial charge in [0.1, 0.15) is 0 Å². The summed E-state index contributed by atoms with van der Waals surface area (Å²) in [5.74, 6) is 1.06. The first-order valence-electron chi connectivity index (χ1n) is 30.9. The highest BCUT2D eigenvalue weighted by Crippen LogP contribution is 2.24. The average Bonchev–Trinajstić information content (AvgIpc) is 3.35. The lowest BCUT2D eigenvalue weighted by atomic mass is 9.91. The van der Waals surface area contributed by atoms with Gasteiger partial charge in [0, 0.05) is 40.7 Å². The van der Waals surface area contributed by atoms with Gasteiger partial charge in [-0.2, -0.15) is 0 Å². The maximum Gasteiger partial charge on any atom is 0.245 e. The van der Waals surface area contributed by atoms with Crippen molar-refractivity contribution in [1.29, 1.82) is 0 Å². The van der Waals surface area contributed by atoms with Crippen LogP contribution in [0.25, 0.3) is 0 Å². The van der Waals surface area contributed by atoms with Gasteiger partial charge in [-0.3, -0.25) is 9.59 Å². The SMILES string of the molecule is C.C.CCCCC/C=C\C/C=C\CCCCCCCCC/C(=C/C(=O)N(C)C)CCCCCCCCC.CCCCC/C=C\C/C=C\CCCCCCCCCC(CCCCCCCCC)CC(=O)N(C)C. The predicted octanol–water partition coefficient (Wildman–Crippen LogP) is 22.8. The first kappa shape index (κ1) is 76.2. The van der Waals surface area contributed by atoms with Crippen molar-refractivity contribution >= 4 is 11.8 Å². The predicted molar refractivity (Wildman–Crippen MR) is 329 cm³/mol. The number of carbonyl (C=O) groups is 2. The Morgan fingerprint density at radius 3 is 0.944 bits per heavy atom. The van der Waals surface area contributed by atoms with Gasteiger partial charge in [0.15, 0.2) is 0 Å². The summed E-state index contributed by atoms with van der Waals surface area (Å²) in [6, 6.07) is 0. The van der Waals surface area contributed by atoms with Crippen molar-refractivity contribution < 1.29 is 9.59 Å². The maximum absolute atomic E-state index is 12.3. The van der Waals surface area contributed by atoms with Crippen molar-refractivity contribution in [3.05, 3.63) is 60.3 Å². The monoisotopic (exact) mass is 1010 g/mol. The second-order valence-electron chi connectivity index (χ2n) is 21.6. The number of rotatable bonds is 51. The van der Waals surface area contributed by atoms with Crippen LogP contribution in [0.2, 0.25) is 0 Å². The molecule has 0 saturated heterocycles. The van der Waals surface area contributed by atoms with Crippen molar-refractivity contribution in [2.45, 2.75) is 331 Å². The molecule has 426 valence electrons. The van der Waals surface area contributed by atoms with E-state index in [1.807, 2.05) is 34.3 Å². The molecule has 72 heavy (non-hydrogen) atoms. The fourth-order valence-electron chi connectivity index (χ4n) is 9.17. The molecule has 0 aliphatic carbocycles. The van der Waals surface area contributed by atoms with Crippen LogP contribution < -0.4 is 0 Å². The van der Waals surface area contributed by atoms with E-state index in [1.165, 1.54) is 262 Å². The molecule has 4 nitrogen and oxygen atoms in total. The Bertz CT molecular complexity index is 1220. The van der Waals surface area contributed by atoms with Gasteiger partial charge in [-0.25, -0.2) is 0 Å². The highest BCUT2D eigenvalue weighted by atomic mass is 16.2. The summed E-state index contributed by atoms with van der Waals surface area (Å²) in [5.41, 5.74) is 1.37. The third-order valence-corrected chi connectivity index (χ3v) is 14.1. The Labute approximate surface area is 455 Å². The summed E-state index contributed by atoms with van der Waals surface area (Å²) in [7, 11) is 7.50. The Hall–Kier alpha value is -2.36. The lowest BCUT2D eigenvalue weighted by Gasteiger charge is -2.19. The first-order chi connectivity index (χ1) is 34.2. The second-order valence-corrected chi connectivity index (χ2v) is 21.6. The van der Waals surface area contributed by atoms with E-state index >= 15 is 0 Å². The molecule has 0 aromatic rings. The zero-order chi connectivity index (χ0) is 51.6. The number of unbranched alkanes of at least 4 members (excludes halogenated alkanes) is 32. The molecule has 0 aromatic carbocycles. The Morgan fingerprint density at radius 1 is 0.347 bits per heavy atom. The molecule has 0 spiro atoms. The molecular formula is C68H132N2O2. The number of carbonyl (C=O) groups excluding carboxylic acids is 2. The Balaban J connectivity index is -0.000000625. The summed E-state index contributed by atoms with van der Waals surface area (Å²) >= 11 is 0. The molecule has 0 saturated carbocycles. The normalized spacial score (nSPS) is 12.1. The van der Waals surface area contributed by atoms with Gasteiger partial charge in [-0.1, -0.05) is 277 Å². The van der Waals surface area contributed by atoms with E-state index in [0.29, 0.717) is 11.8 Å². The first-order valence-corrected chi connectivity index (χ1v) is 30.9. The third-order valence-electron chi connectivity index (χ3n) is 14.1. The van der Waals surface area contributed by atoms with Crippen molar-refractivity contribution in [3.63, 3.8) is 0 Å². The largest absolute Gasteiger partial charge is 0.349 e. The van der Waals surface area contributed by atoms with E-state index in [1.54, 1.807) is 9.80 Å².